The van der Waals surface area contributed by atoms with Crippen molar-refractivity contribution in [2.24, 2.45) is 0 Å². The lowest BCUT2D eigenvalue weighted by Crippen LogP contribution is -2.24. The average Bonchev–Trinajstić information content (AvgIpc) is 2.85. The zero-order chi connectivity index (χ0) is 13.0. The Morgan fingerprint density at radius 3 is 2.83 bits per heavy atom. The molecule has 96 valence electrons. The molecule has 0 fully saturated rings. The number of rotatable bonds is 5. The molecule has 0 aliphatic heterocycles. The Bertz CT molecular complexity index is 502. The van der Waals surface area contributed by atoms with Gasteiger partial charge in [-0.25, -0.2) is 4.98 Å². The van der Waals surface area contributed by atoms with E-state index in [0.717, 1.165) is 32.6 Å². The highest BCUT2D eigenvalue weighted by atomic mass is 79.9. The molecule has 2 aromatic rings. The highest BCUT2D eigenvalue weighted by Crippen LogP contribution is 2.29. The number of aromatic nitrogens is 2. The molecule has 0 bridgehead atoms. The lowest BCUT2D eigenvalue weighted by molar-refractivity contribution is 0.581. The SMILES string of the molecule is CCCNC(c1nccs1)c1ncc(Br)cc1Br. The third-order valence-corrected chi connectivity index (χ3v) is 4.32. The molecule has 1 N–H and O–H groups in total. The van der Waals surface area contributed by atoms with E-state index in [4.69, 9.17) is 0 Å². The summed E-state index contributed by atoms with van der Waals surface area (Å²) >= 11 is 8.63. The molecule has 0 saturated carbocycles. The molecule has 0 amide bonds. The van der Waals surface area contributed by atoms with E-state index in [1.807, 2.05) is 23.8 Å². The van der Waals surface area contributed by atoms with Gasteiger partial charge in [-0.05, 0) is 50.9 Å². The Morgan fingerprint density at radius 2 is 2.22 bits per heavy atom. The van der Waals surface area contributed by atoms with Crippen LogP contribution in [0.3, 0.4) is 0 Å². The first-order valence-corrected chi connectivity index (χ1v) is 8.12. The largest absolute Gasteiger partial charge is 0.303 e. The summed E-state index contributed by atoms with van der Waals surface area (Å²) in [5.41, 5.74) is 0.974. The van der Waals surface area contributed by atoms with Crippen LogP contribution in [-0.2, 0) is 0 Å². The van der Waals surface area contributed by atoms with Crippen molar-refractivity contribution in [1.82, 2.24) is 15.3 Å². The zero-order valence-electron chi connectivity index (χ0n) is 9.86. The maximum absolute atomic E-state index is 4.50. The van der Waals surface area contributed by atoms with E-state index < -0.39 is 0 Å². The molecule has 0 saturated heterocycles. The van der Waals surface area contributed by atoms with Gasteiger partial charge < -0.3 is 5.32 Å². The summed E-state index contributed by atoms with van der Waals surface area (Å²) in [5.74, 6) is 0. The van der Waals surface area contributed by atoms with E-state index in [-0.39, 0.29) is 6.04 Å². The first kappa shape index (κ1) is 14.1. The Morgan fingerprint density at radius 1 is 1.39 bits per heavy atom. The van der Waals surface area contributed by atoms with Gasteiger partial charge in [-0.1, -0.05) is 6.92 Å². The molecule has 1 unspecified atom stereocenters. The van der Waals surface area contributed by atoms with E-state index in [9.17, 15) is 0 Å². The minimum atomic E-state index is 0.0485. The fraction of sp³-hybridized carbons (Fsp3) is 0.333. The summed E-state index contributed by atoms with van der Waals surface area (Å²) in [6.45, 7) is 3.09. The van der Waals surface area contributed by atoms with Gasteiger partial charge in [0.25, 0.3) is 0 Å². The van der Waals surface area contributed by atoms with Crippen molar-refractivity contribution in [1.29, 1.82) is 0 Å². The minimum Gasteiger partial charge on any atom is -0.303 e. The van der Waals surface area contributed by atoms with Gasteiger partial charge in [-0.3, -0.25) is 4.98 Å². The van der Waals surface area contributed by atoms with E-state index in [2.05, 4.69) is 54.1 Å². The summed E-state index contributed by atoms with van der Waals surface area (Å²) in [4.78, 5) is 8.89. The Kier molecular flexibility index (Phi) is 5.29. The third kappa shape index (κ3) is 3.38. The molecule has 0 aliphatic carbocycles. The maximum atomic E-state index is 4.50. The monoisotopic (exact) mass is 389 g/mol. The van der Waals surface area contributed by atoms with Crippen molar-refractivity contribution in [3.05, 3.63) is 43.5 Å². The first-order chi connectivity index (χ1) is 8.72. The zero-order valence-corrected chi connectivity index (χ0v) is 13.8. The highest BCUT2D eigenvalue weighted by Gasteiger charge is 2.20. The van der Waals surface area contributed by atoms with Crippen molar-refractivity contribution in [3.63, 3.8) is 0 Å². The summed E-state index contributed by atoms with van der Waals surface area (Å²) in [5, 5.41) is 6.52. The molecule has 2 heterocycles. The predicted molar refractivity (Wildman–Crippen MR) is 81.9 cm³/mol. The quantitative estimate of drug-likeness (QED) is 0.833. The van der Waals surface area contributed by atoms with Gasteiger partial charge in [-0.15, -0.1) is 11.3 Å². The van der Waals surface area contributed by atoms with Crippen LogP contribution in [0.5, 0.6) is 0 Å². The summed E-state index contributed by atoms with van der Waals surface area (Å²) in [6.07, 6.45) is 4.72. The Labute approximate surface area is 127 Å². The standard InChI is InChI=1S/C12H13Br2N3S/c1-2-3-15-11(12-16-4-5-18-12)10-9(14)6-8(13)7-17-10/h4-7,11,15H,2-3H2,1H3. The van der Waals surface area contributed by atoms with Crippen LogP contribution in [0.2, 0.25) is 0 Å². The molecule has 0 aliphatic rings. The number of nitrogens with one attached hydrogen (secondary N) is 1. The van der Waals surface area contributed by atoms with Crippen molar-refractivity contribution in [2.45, 2.75) is 19.4 Å². The molecule has 6 heteroatoms. The fourth-order valence-corrected chi connectivity index (χ4v) is 3.53. The maximum Gasteiger partial charge on any atom is 0.116 e. The van der Waals surface area contributed by atoms with E-state index in [0.29, 0.717) is 0 Å². The van der Waals surface area contributed by atoms with E-state index in [1.165, 1.54) is 0 Å². The van der Waals surface area contributed by atoms with Crippen LogP contribution in [0, 0.1) is 0 Å². The Hall–Kier alpha value is -0.300. The summed E-state index contributed by atoms with van der Waals surface area (Å²) in [7, 11) is 0. The fourth-order valence-electron chi connectivity index (χ4n) is 1.60. The molecule has 1 atom stereocenters. The number of hydrogen-bond acceptors (Lipinski definition) is 4. The second-order valence-corrected chi connectivity index (χ2v) is 6.47. The number of thiazole rings is 1. The van der Waals surface area contributed by atoms with Gasteiger partial charge >= 0.3 is 0 Å². The Balaban J connectivity index is 2.33. The molecular weight excluding hydrogens is 378 g/mol. The van der Waals surface area contributed by atoms with Crippen LogP contribution < -0.4 is 5.32 Å². The van der Waals surface area contributed by atoms with Crippen LogP contribution in [0.25, 0.3) is 0 Å². The molecular formula is C12H13Br2N3S. The van der Waals surface area contributed by atoms with Gasteiger partial charge in [0.1, 0.15) is 11.0 Å². The second kappa shape index (κ2) is 6.75. The van der Waals surface area contributed by atoms with Crippen LogP contribution in [0.4, 0.5) is 0 Å². The van der Waals surface area contributed by atoms with Gasteiger partial charge in [0.05, 0.1) is 5.69 Å². The molecule has 0 aromatic carbocycles. The van der Waals surface area contributed by atoms with E-state index in [1.54, 1.807) is 11.3 Å². The second-order valence-electron chi connectivity index (χ2n) is 3.78. The molecule has 0 spiro atoms. The molecule has 2 rings (SSSR count). The van der Waals surface area contributed by atoms with E-state index >= 15 is 0 Å². The predicted octanol–water partition coefficient (Wildman–Crippen LogP) is 4.15. The number of halogens is 2. The smallest absolute Gasteiger partial charge is 0.116 e. The summed E-state index contributed by atoms with van der Waals surface area (Å²) < 4.78 is 1.95. The van der Waals surface area contributed by atoms with Crippen molar-refractivity contribution in [2.75, 3.05) is 6.54 Å². The average molecular weight is 391 g/mol. The van der Waals surface area contributed by atoms with Crippen LogP contribution in [-0.4, -0.2) is 16.5 Å². The molecule has 18 heavy (non-hydrogen) atoms. The lowest BCUT2D eigenvalue weighted by atomic mass is 10.2. The first-order valence-electron chi connectivity index (χ1n) is 5.66. The number of nitrogens with zero attached hydrogens (tertiary/aromatic N) is 2. The normalized spacial score (nSPS) is 12.6. The number of hydrogen-bond donors (Lipinski definition) is 1. The van der Waals surface area contributed by atoms with Gasteiger partial charge in [0.15, 0.2) is 0 Å². The van der Waals surface area contributed by atoms with Gasteiger partial charge in [0, 0.05) is 26.7 Å². The van der Waals surface area contributed by atoms with Crippen molar-refractivity contribution >= 4 is 43.2 Å². The molecule has 3 nitrogen and oxygen atoms in total. The van der Waals surface area contributed by atoms with Crippen LogP contribution in [0.15, 0.2) is 32.8 Å². The molecule has 0 radical (unpaired) electrons. The van der Waals surface area contributed by atoms with Crippen molar-refractivity contribution in [3.8, 4) is 0 Å². The van der Waals surface area contributed by atoms with Gasteiger partial charge in [-0.2, -0.15) is 0 Å². The van der Waals surface area contributed by atoms with Crippen molar-refractivity contribution < 1.29 is 0 Å². The van der Waals surface area contributed by atoms with Gasteiger partial charge in [0.2, 0.25) is 0 Å². The summed E-state index contributed by atoms with van der Waals surface area (Å²) in [6, 6.07) is 2.06. The van der Waals surface area contributed by atoms with Crippen LogP contribution >= 0.6 is 43.2 Å². The highest BCUT2D eigenvalue weighted by molar-refractivity contribution is 9.11. The van der Waals surface area contributed by atoms with Crippen LogP contribution in [0.1, 0.15) is 30.1 Å². The third-order valence-electron chi connectivity index (χ3n) is 2.41. The minimum absolute atomic E-state index is 0.0485. The topological polar surface area (TPSA) is 37.8 Å². The number of pyridine rings is 1. The molecule has 2 aromatic heterocycles. The lowest BCUT2D eigenvalue weighted by Gasteiger charge is -2.17.